The standard InChI is InChI=1S/C12H9ClN4OS/c13-7-10-16-17-11(18)9(14-15-12(17)19-10)6-8-4-2-1-3-5-8/h1-5H,6-7H2. The third-order valence-electron chi connectivity index (χ3n) is 2.63. The molecule has 2 aromatic heterocycles. The average Bonchev–Trinajstić information content (AvgIpc) is 2.87. The Morgan fingerprint density at radius 3 is 2.74 bits per heavy atom. The Bertz CT molecular complexity index is 768. The van der Waals surface area contributed by atoms with E-state index >= 15 is 0 Å². The van der Waals surface area contributed by atoms with Crippen LogP contribution in [-0.2, 0) is 12.3 Å². The Kier molecular flexibility index (Phi) is 3.27. The van der Waals surface area contributed by atoms with Crippen molar-refractivity contribution in [3.05, 3.63) is 57.0 Å². The summed E-state index contributed by atoms with van der Waals surface area (Å²) < 4.78 is 1.27. The van der Waals surface area contributed by atoms with E-state index in [4.69, 9.17) is 11.6 Å². The molecule has 0 atom stereocenters. The van der Waals surface area contributed by atoms with Crippen molar-refractivity contribution in [3.63, 3.8) is 0 Å². The minimum absolute atomic E-state index is 0.235. The number of aromatic nitrogens is 4. The van der Waals surface area contributed by atoms with Crippen molar-refractivity contribution in [2.24, 2.45) is 0 Å². The summed E-state index contributed by atoms with van der Waals surface area (Å²) in [4.78, 5) is 12.7. The molecule has 7 heteroatoms. The molecule has 0 aliphatic heterocycles. The molecule has 0 aliphatic rings. The number of halogens is 1. The topological polar surface area (TPSA) is 60.2 Å². The Hall–Kier alpha value is -1.79. The molecule has 0 aliphatic carbocycles. The van der Waals surface area contributed by atoms with Gasteiger partial charge >= 0.3 is 0 Å². The van der Waals surface area contributed by atoms with E-state index in [2.05, 4.69) is 15.3 Å². The molecule has 96 valence electrons. The van der Waals surface area contributed by atoms with Crippen LogP contribution < -0.4 is 5.56 Å². The van der Waals surface area contributed by atoms with Gasteiger partial charge in [-0.05, 0) is 5.56 Å². The molecular formula is C12H9ClN4OS. The first-order valence-electron chi connectivity index (χ1n) is 5.62. The average molecular weight is 293 g/mol. The van der Waals surface area contributed by atoms with Crippen LogP contribution in [0.1, 0.15) is 16.3 Å². The van der Waals surface area contributed by atoms with Crippen LogP contribution in [0.3, 0.4) is 0 Å². The van der Waals surface area contributed by atoms with Crippen LogP contribution in [0.15, 0.2) is 35.1 Å². The third kappa shape index (κ3) is 2.36. The summed E-state index contributed by atoms with van der Waals surface area (Å²) in [6.07, 6.45) is 0.448. The highest BCUT2D eigenvalue weighted by atomic mass is 35.5. The largest absolute Gasteiger partial charge is 0.297 e. The maximum absolute atomic E-state index is 12.2. The predicted octanol–water partition coefficient (Wildman–Crippen LogP) is 1.88. The molecule has 0 saturated heterocycles. The number of alkyl halides is 1. The lowest BCUT2D eigenvalue weighted by atomic mass is 10.1. The zero-order chi connectivity index (χ0) is 13.2. The van der Waals surface area contributed by atoms with Gasteiger partial charge in [0.15, 0.2) is 0 Å². The van der Waals surface area contributed by atoms with Crippen LogP contribution in [0.4, 0.5) is 0 Å². The van der Waals surface area contributed by atoms with Gasteiger partial charge in [-0.15, -0.1) is 21.8 Å². The summed E-state index contributed by atoms with van der Waals surface area (Å²) in [6, 6.07) is 9.67. The molecule has 3 aromatic rings. The number of benzene rings is 1. The molecule has 2 heterocycles. The second-order valence-electron chi connectivity index (χ2n) is 3.94. The Labute approximate surface area is 117 Å². The fraction of sp³-hybridized carbons (Fsp3) is 0.167. The third-order valence-corrected chi connectivity index (χ3v) is 3.94. The smallest absolute Gasteiger partial charge is 0.265 e. The molecule has 0 unspecified atom stereocenters. The normalized spacial score (nSPS) is 11.0. The van der Waals surface area contributed by atoms with Crippen molar-refractivity contribution in [2.45, 2.75) is 12.3 Å². The molecule has 0 radical (unpaired) electrons. The van der Waals surface area contributed by atoms with Crippen LogP contribution in [0, 0.1) is 0 Å². The summed E-state index contributed by atoms with van der Waals surface area (Å²) in [7, 11) is 0. The summed E-state index contributed by atoms with van der Waals surface area (Å²) in [5, 5.41) is 12.8. The first-order chi connectivity index (χ1) is 9.28. The first kappa shape index (κ1) is 12.3. The molecule has 0 N–H and O–H groups in total. The SMILES string of the molecule is O=c1c(Cc2ccccc2)nnc2sc(CCl)nn12. The van der Waals surface area contributed by atoms with Crippen molar-refractivity contribution < 1.29 is 0 Å². The minimum atomic E-state index is -0.235. The zero-order valence-electron chi connectivity index (χ0n) is 9.78. The first-order valence-corrected chi connectivity index (χ1v) is 6.97. The van der Waals surface area contributed by atoms with E-state index in [1.807, 2.05) is 30.3 Å². The van der Waals surface area contributed by atoms with Gasteiger partial charge in [0.1, 0.15) is 10.7 Å². The second kappa shape index (κ2) is 5.07. The highest BCUT2D eigenvalue weighted by molar-refractivity contribution is 7.16. The number of hydrogen-bond donors (Lipinski definition) is 0. The van der Waals surface area contributed by atoms with Crippen LogP contribution in [-0.4, -0.2) is 19.8 Å². The molecule has 0 amide bonds. The predicted molar refractivity (Wildman–Crippen MR) is 73.7 cm³/mol. The molecule has 0 spiro atoms. The second-order valence-corrected chi connectivity index (χ2v) is 5.25. The van der Waals surface area contributed by atoms with Crippen molar-refractivity contribution >= 4 is 27.9 Å². The van der Waals surface area contributed by atoms with E-state index in [1.165, 1.54) is 15.9 Å². The molecule has 0 bridgehead atoms. The van der Waals surface area contributed by atoms with Crippen LogP contribution in [0.2, 0.25) is 0 Å². The van der Waals surface area contributed by atoms with Crippen LogP contribution in [0.5, 0.6) is 0 Å². The molecule has 5 nitrogen and oxygen atoms in total. The highest BCUT2D eigenvalue weighted by Gasteiger charge is 2.11. The molecule has 1 aromatic carbocycles. The zero-order valence-corrected chi connectivity index (χ0v) is 11.4. The maximum Gasteiger partial charge on any atom is 0.297 e. The summed E-state index contributed by atoms with van der Waals surface area (Å²) in [6.45, 7) is 0. The van der Waals surface area contributed by atoms with Crippen molar-refractivity contribution in [1.29, 1.82) is 0 Å². The van der Waals surface area contributed by atoms with E-state index in [1.54, 1.807) is 0 Å². The van der Waals surface area contributed by atoms with Gasteiger partial charge in [-0.3, -0.25) is 4.79 Å². The van der Waals surface area contributed by atoms with Gasteiger partial charge in [0.2, 0.25) is 4.96 Å². The molecule has 0 fully saturated rings. The number of rotatable bonds is 3. The quantitative estimate of drug-likeness (QED) is 0.692. The van der Waals surface area contributed by atoms with E-state index in [0.29, 0.717) is 22.1 Å². The molecule has 19 heavy (non-hydrogen) atoms. The van der Waals surface area contributed by atoms with Gasteiger partial charge in [0, 0.05) is 6.42 Å². The lowest BCUT2D eigenvalue weighted by Gasteiger charge is -1.99. The fourth-order valence-electron chi connectivity index (χ4n) is 1.74. The molecular weight excluding hydrogens is 284 g/mol. The number of fused-ring (bicyclic) bond motifs is 1. The monoisotopic (exact) mass is 292 g/mol. The number of hydrogen-bond acceptors (Lipinski definition) is 5. The molecule has 3 rings (SSSR count). The van der Waals surface area contributed by atoms with Crippen molar-refractivity contribution in [1.82, 2.24) is 19.8 Å². The van der Waals surface area contributed by atoms with E-state index in [0.717, 1.165) is 5.56 Å². The van der Waals surface area contributed by atoms with Gasteiger partial charge < -0.3 is 0 Å². The van der Waals surface area contributed by atoms with E-state index in [9.17, 15) is 4.79 Å². The number of nitrogens with zero attached hydrogens (tertiary/aromatic N) is 4. The lowest BCUT2D eigenvalue weighted by Crippen LogP contribution is -2.22. The van der Waals surface area contributed by atoms with E-state index in [-0.39, 0.29) is 11.4 Å². The molecule has 0 saturated carbocycles. The minimum Gasteiger partial charge on any atom is -0.265 e. The Morgan fingerprint density at radius 2 is 2.00 bits per heavy atom. The van der Waals surface area contributed by atoms with E-state index < -0.39 is 0 Å². The van der Waals surface area contributed by atoms with Gasteiger partial charge in [0.25, 0.3) is 5.56 Å². The van der Waals surface area contributed by atoms with Gasteiger partial charge in [-0.1, -0.05) is 41.7 Å². The highest BCUT2D eigenvalue weighted by Crippen LogP contribution is 2.12. The van der Waals surface area contributed by atoms with Crippen LogP contribution in [0.25, 0.3) is 4.96 Å². The summed E-state index contributed by atoms with van der Waals surface area (Å²) >= 11 is 6.98. The fourth-order valence-corrected chi connectivity index (χ4v) is 2.64. The maximum atomic E-state index is 12.2. The van der Waals surface area contributed by atoms with Gasteiger partial charge in [-0.25, -0.2) is 0 Å². The van der Waals surface area contributed by atoms with Crippen molar-refractivity contribution in [2.75, 3.05) is 0 Å². The Balaban J connectivity index is 2.05. The van der Waals surface area contributed by atoms with Crippen LogP contribution >= 0.6 is 22.9 Å². The Morgan fingerprint density at radius 1 is 1.21 bits per heavy atom. The van der Waals surface area contributed by atoms with Gasteiger partial charge in [0.05, 0.1) is 5.88 Å². The summed E-state index contributed by atoms with van der Waals surface area (Å²) in [5.41, 5.74) is 1.17. The lowest BCUT2D eigenvalue weighted by molar-refractivity contribution is 0.799. The summed E-state index contributed by atoms with van der Waals surface area (Å²) in [5.74, 6) is 0.265. The van der Waals surface area contributed by atoms with Crippen molar-refractivity contribution in [3.8, 4) is 0 Å². The van der Waals surface area contributed by atoms with Gasteiger partial charge in [-0.2, -0.15) is 9.61 Å².